The zero-order valence-electron chi connectivity index (χ0n) is 14.8. The van der Waals surface area contributed by atoms with E-state index in [-0.39, 0.29) is 17.4 Å². The van der Waals surface area contributed by atoms with Crippen molar-refractivity contribution in [3.63, 3.8) is 0 Å². The van der Waals surface area contributed by atoms with Crippen molar-refractivity contribution in [2.75, 3.05) is 18.5 Å². The van der Waals surface area contributed by atoms with Gasteiger partial charge in [-0.1, -0.05) is 37.0 Å². The van der Waals surface area contributed by atoms with E-state index in [9.17, 15) is 13.2 Å². The second kappa shape index (κ2) is 9.41. The normalized spacial score (nSPS) is 11.4. The molecule has 0 aliphatic rings. The summed E-state index contributed by atoms with van der Waals surface area (Å²) in [4.78, 5) is 12.1. The van der Waals surface area contributed by atoms with Gasteiger partial charge < -0.3 is 10.1 Å². The van der Waals surface area contributed by atoms with Gasteiger partial charge in [0, 0.05) is 11.6 Å². The predicted molar refractivity (Wildman–Crippen MR) is 107 cm³/mol. The lowest BCUT2D eigenvalue weighted by Gasteiger charge is -2.11. The Balaban J connectivity index is 1.91. The second-order valence-corrected chi connectivity index (χ2v) is 8.79. The molecule has 0 saturated heterocycles. The molecule has 0 aliphatic carbocycles. The molecule has 0 atom stereocenters. The van der Waals surface area contributed by atoms with Gasteiger partial charge in [-0.25, -0.2) is 13.1 Å². The molecule has 0 radical (unpaired) electrons. The average Bonchev–Trinajstić information content (AvgIpc) is 2.61. The predicted octanol–water partition coefficient (Wildman–Crippen LogP) is 3.95. The number of sulfonamides is 1. The maximum absolute atomic E-state index is 12.1. The van der Waals surface area contributed by atoms with E-state index < -0.39 is 15.9 Å². The van der Waals surface area contributed by atoms with Gasteiger partial charge in [0.1, 0.15) is 5.75 Å². The molecule has 0 unspecified atom stereocenters. The van der Waals surface area contributed by atoms with Crippen LogP contribution in [0.15, 0.2) is 47.4 Å². The highest BCUT2D eigenvalue weighted by atomic mass is 35.5. The monoisotopic (exact) mass is 430 g/mol. The number of anilines is 1. The SMILES string of the molecule is CC(C)CNS(=O)(=O)c1ccc(OCC(=O)Nc2ccc(Cl)cc2Cl)cc1. The maximum atomic E-state index is 12.1. The second-order valence-electron chi connectivity index (χ2n) is 6.18. The zero-order chi connectivity index (χ0) is 20.0. The van der Waals surface area contributed by atoms with Gasteiger partial charge in [0.15, 0.2) is 6.61 Å². The quantitative estimate of drug-likeness (QED) is 0.663. The standard InChI is InChI=1S/C18H20Cl2N2O4S/c1-12(2)10-21-27(24,25)15-6-4-14(5-7-15)26-11-18(23)22-17-8-3-13(19)9-16(17)20/h3-9,12,21H,10-11H2,1-2H3,(H,22,23). The Morgan fingerprint density at radius 2 is 1.78 bits per heavy atom. The summed E-state index contributed by atoms with van der Waals surface area (Å²) in [6, 6.07) is 10.5. The number of benzene rings is 2. The fourth-order valence-corrected chi connectivity index (χ4v) is 3.67. The van der Waals surface area contributed by atoms with Crippen molar-refractivity contribution < 1.29 is 17.9 Å². The third-order valence-electron chi connectivity index (χ3n) is 3.39. The van der Waals surface area contributed by atoms with Crippen LogP contribution in [0.25, 0.3) is 0 Å². The summed E-state index contributed by atoms with van der Waals surface area (Å²) in [5, 5.41) is 3.39. The largest absolute Gasteiger partial charge is 0.484 e. The molecule has 0 bridgehead atoms. The van der Waals surface area contributed by atoms with Crippen molar-refractivity contribution in [3.05, 3.63) is 52.5 Å². The van der Waals surface area contributed by atoms with Crippen LogP contribution in [-0.2, 0) is 14.8 Å². The van der Waals surface area contributed by atoms with Crippen LogP contribution >= 0.6 is 23.2 Å². The van der Waals surface area contributed by atoms with Crippen molar-refractivity contribution >= 4 is 44.8 Å². The van der Waals surface area contributed by atoms with Gasteiger partial charge in [-0.2, -0.15) is 0 Å². The third kappa shape index (κ3) is 6.70. The van der Waals surface area contributed by atoms with E-state index in [0.29, 0.717) is 28.0 Å². The highest BCUT2D eigenvalue weighted by Crippen LogP contribution is 2.25. The van der Waals surface area contributed by atoms with Crippen LogP contribution in [0.4, 0.5) is 5.69 Å². The topological polar surface area (TPSA) is 84.5 Å². The van der Waals surface area contributed by atoms with E-state index in [1.807, 2.05) is 13.8 Å². The van der Waals surface area contributed by atoms with Gasteiger partial charge in [-0.05, 0) is 48.4 Å². The molecule has 2 aromatic rings. The molecule has 146 valence electrons. The summed E-state index contributed by atoms with van der Waals surface area (Å²) in [5.41, 5.74) is 0.423. The molecular formula is C18H20Cl2N2O4S. The summed E-state index contributed by atoms with van der Waals surface area (Å²) in [6.45, 7) is 3.94. The molecule has 0 saturated carbocycles. The third-order valence-corrected chi connectivity index (χ3v) is 5.38. The van der Waals surface area contributed by atoms with Crippen LogP contribution in [-0.4, -0.2) is 27.5 Å². The number of hydrogen-bond acceptors (Lipinski definition) is 4. The molecule has 27 heavy (non-hydrogen) atoms. The first-order valence-electron chi connectivity index (χ1n) is 8.15. The van der Waals surface area contributed by atoms with Crippen LogP contribution in [0.3, 0.4) is 0 Å². The highest BCUT2D eigenvalue weighted by molar-refractivity contribution is 7.89. The Bertz CT molecular complexity index is 900. The first kappa shape index (κ1) is 21.5. The summed E-state index contributed by atoms with van der Waals surface area (Å²) in [5.74, 6) is 0.166. The summed E-state index contributed by atoms with van der Waals surface area (Å²) < 4.78 is 32.2. The van der Waals surface area contributed by atoms with Crippen LogP contribution in [0.2, 0.25) is 10.0 Å². The molecule has 2 aromatic carbocycles. The molecule has 9 heteroatoms. The molecule has 0 spiro atoms. The lowest BCUT2D eigenvalue weighted by Crippen LogP contribution is -2.27. The number of halogens is 2. The van der Waals surface area contributed by atoms with Crippen molar-refractivity contribution in [3.8, 4) is 5.75 Å². The Morgan fingerprint density at radius 1 is 1.11 bits per heavy atom. The molecule has 0 heterocycles. The smallest absolute Gasteiger partial charge is 0.262 e. The Morgan fingerprint density at radius 3 is 2.37 bits per heavy atom. The molecule has 6 nitrogen and oxygen atoms in total. The van der Waals surface area contributed by atoms with Gasteiger partial charge >= 0.3 is 0 Å². The Labute approximate surface area is 168 Å². The first-order valence-corrected chi connectivity index (χ1v) is 10.4. The van der Waals surface area contributed by atoms with E-state index in [2.05, 4.69) is 10.0 Å². The van der Waals surface area contributed by atoms with Crippen LogP contribution in [0, 0.1) is 5.92 Å². The molecule has 1 amide bonds. The minimum atomic E-state index is -3.56. The number of amides is 1. The highest BCUT2D eigenvalue weighted by Gasteiger charge is 2.14. The van der Waals surface area contributed by atoms with E-state index in [1.54, 1.807) is 12.1 Å². The van der Waals surface area contributed by atoms with Crippen molar-refractivity contribution in [1.82, 2.24) is 4.72 Å². The van der Waals surface area contributed by atoms with Gasteiger partial charge in [0.05, 0.1) is 15.6 Å². The van der Waals surface area contributed by atoms with Crippen molar-refractivity contribution in [2.24, 2.45) is 5.92 Å². The van der Waals surface area contributed by atoms with Crippen molar-refractivity contribution in [2.45, 2.75) is 18.7 Å². The fraction of sp³-hybridized carbons (Fsp3) is 0.278. The van der Waals surface area contributed by atoms with Gasteiger partial charge in [0.2, 0.25) is 10.0 Å². The Hall–Kier alpha value is -1.80. The van der Waals surface area contributed by atoms with Crippen LogP contribution in [0.5, 0.6) is 5.75 Å². The first-order chi connectivity index (χ1) is 12.7. The summed E-state index contributed by atoms with van der Waals surface area (Å²) in [7, 11) is -3.56. The molecule has 0 fully saturated rings. The van der Waals surface area contributed by atoms with E-state index in [4.69, 9.17) is 27.9 Å². The number of ether oxygens (including phenoxy) is 1. The van der Waals surface area contributed by atoms with Crippen molar-refractivity contribution in [1.29, 1.82) is 0 Å². The molecule has 2 rings (SSSR count). The number of carbonyl (C=O) groups is 1. The number of hydrogen-bond donors (Lipinski definition) is 2. The lowest BCUT2D eigenvalue weighted by molar-refractivity contribution is -0.118. The van der Waals surface area contributed by atoms with Gasteiger partial charge in [-0.3, -0.25) is 4.79 Å². The minimum Gasteiger partial charge on any atom is -0.484 e. The molecule has 2 N–H and O–H groups in total. The average molecular weight is 431 g/mol. The summed E-state index contributed by atoms with van der Waals surface area (Å²) >= 11 is 11.8. The Kier molecular flexibility index (Phi) is 7.49. The minimum absolute atomic E-state index is 0.132. The van der Waals surface area contributed by atoms with Gasteiger partial charge in [-0.15, -0.1) is 0 Å². The van der Waals surface area contributed by atoms with E-state index in [1.165, 1.54) is 30.3 Å². The molecule has 0 aromatic heterocycles. The summed E-state index contributed by atoms with van der Waals surface area (Å²) in [6.07, 6.45) is 0. The van der Waals surface area contributed by atoms with Crippen LogP contribution in [0.1, 0.15) is 13.8 Å². The fourth-order valence-electron chi connectivity index (χ4n) is 2.00. The molecular weight excluding hydrogens is 411 g/mol. The van der Waals surface area contributed by atoms with E-state index >= 15 is 0 Å². The number of nitrogens with one attached hydrogen (secondary N) is 2. The number of carbonyl (C=O) groups excluding carboxylic acids is 1. The molecule has 0 aliphatic heterocycles. The lowest BCUT2D eigenvalue weighted by atomic mass is 10.2. The van der Waals surface area contributed by atoms with Gasteiger partial charge in [0.25, 0.3) is 5.91 Å². The zero-order valence-corrected chi connectivity index (χ0v) is 17.2. The maximum Gasteiger partial charge on any atom is 0.262 e. The van der Waals surface area contributed by atoms with Crippen LogP contribution < -0.4 is 14.8 Å². The number of rotatable bonds is 8. The van der Waals surface area contributed by atoms with E-state index in [0.717, 1.165) is 0 Å².